The molecule has 25 heavy (non-hydrogen) atoms. The van der Waals surface area contributed by atoms with Crippen LogP contribution in [0.5, 0.6) is 0 Å². The third-order valence-corrected chi connectivity index (χ3v) is 5.05. The van der Waals surface area contributed by atoms with Gasteiger partial charge in [-0.15, -0.1) is 0 Å². The van der Waals surface area contributed by atoms with Gasteiger partial charge < -0.3 is 4.90 Å². The van der Waals surface area contributed by atoms with Crippen LogP contribution in [0.3, 0.4) is 0 Å². The van der Waals surface area contributed by atoms with E-state index in [9.17, 15) is 9.59 Å². The summed E-state index contributed by atoms with van der Waals surface area (Å²) in [7, 11) is 0. The van der Waals surface area contributed by atoms with Crippen molar-refractivity contribution in [3.8, 4) is 0 Å². The molecule has 2 atom stereocenters. The lowest BCUT2D eigenvalue weighted by Crippen LogP contribution is -2.34. The van der Waals surface area contributed by atoms with Crippen LogP contribution in [-0.2, 0) is 0 Å². The third kappa shape index (κ3) is 2.73. The van der Waals surface area contributed by atoms with Crippen LogP contribution in [0.25, 0.3) is 5.65 Å². The van der Waals surface area contributed by atoms with Crippen LogP contribution in [0, 0.1) is 6.92 Å². The highest BCUT2D eigenvalue weighted by Gasteiger charge is 2.33. The Hall–Kier alpha value is -2.89. The summed E-state index contributed by atoms with van der Waals surface area (Å²) in [5.74, 6) is 0.344. The number of carbonyl (C=O) groups excluding carboxylic acids is 1. The first kappa shape index (κ1) is 15.6. The quantitative estimate of drug-likeness (QED) is 0.781. The van der Waals surface area contributed by atoms with E-state index in [1.165, 1.54) is 15.5 Å². The van der Waals surface area contributed by atoms with Crippen molar-refractivity contribution in [3.05, 3.63) is 69.8 Å². The molecule has 1 fully saturated rings. The lowest BCUT2D eigenvalue weighted by Gasteiger charge is -2.21. The molecule has 6 heteroatoms. The molecule has 0 saturated carbocycles. The van der Waals surface area contributed by atoms with Crippen LogP contribution in [0.2, 0.25) is 0 Å². The number of likely N-dealkylation sites (tertiary alicyclic amines) is 1. The van der Waals surface area contributed by atoms with Gasteiger partial charge in [0.1, 0.15) is 0 Å². The number of amides is 1. The molecule has 0 aliphatic carbocycles. The number of nitrogens with zero attached hydrogens (tertiary/aromatic N) is 3. The molecule has 1 aliphatic rings. The Morgan fingerprint density at radius 1 is 1.24 bits per heavy atom. The third-order valence-electron chi connectivity index (χ3n) is 5.05. The fraction of sp³-hybridized carbons (Fsp3) is 0.316. The zero-order chi connectivity index (χ0) is 17.6. The molecule has 2 unspecified atom stereocenters. The number of aryl methyl sites for hydroxylation is 1. The second-order valence-corrected chi connectivity index (χ2v) is 6.82. The number of carbonyl (C=O) groups is 1. The number of aromatic nitrogens is 3. The number of fused-ring (bicyclic) bond motifs is 1. The van der Waals surface area contributed by atoms with Crippen molar-refractivity contribution in [1.82, 2.24) is 19.5 Å². The Morgan fingerprint density at radius 2 is 2.00 bits per heavy atom. The van der Waals surface area contributed by atoms with Gasteiger partial charge in [0.2, 0.25) is 0 Å². The molecule has 6 nitrogen and oxygen atoms in total. The van der Waals surface area contributed by atoms with Crippen molar-refractivity contribution >= 4 is 11.6 Å². The molecular formula is C19H20N4O2. The van der Waals surface area contributed by atoms with Crippen LogP contribution in [0.4, 0.5) is 0 Å². The number of hydrogen-bond donors (Lipinski definition) is 1. The van der Waals surface area contributed by atoms with Gasteiger partial charge >= 0.3 is 5.69 Å². The van der Waals surface area contributed by atoms with E-state index in [-0.39, 0.29) is 17.6 Å². The number of nitrogens with one attached hydrogen (secondary N) is 1. The molecule has 1 saturated heterocycles. The molecule has 2 aromatic heterocycles. The molecule has 0 bridgehead atoms. The van der Waals surface area contributed by atoms with E-state index < -0.39 is 0 Å². The maximum Gasteiger partial charge on any atom is 0.347 e. The number of hydrogen-bond acceptors (Lipinski definition) is 3. The Bertz CT molecular complexity index is 987. The molecule has 1 N–H and O–H groups in total. The van der Waals surface area contributed by atoms with Gasteiger partial charge in [0.15, 0.2) is 5.65 Å². The van der Waals surface area contributed by atoms with Crippen LogP contribution >= 0.6 is 0 Å². The Kier molecular flexibility index (Phi) is 3.67. The zero-order valence-corrected chi connectivity index (χ0v) is 14.3. The lowest BCUT2D eigenvalue weighted by atomic mass is 9.96. The van der Waals surface area contributed by atoms with E-state index in [0.29, 0.717) is 23.7 Å². The van der Waals surface area contributed by atoms with Crippen molar-refractivity contribution in [2.45, 2.75) is 32.2 Å². The monoisotopic (exact) mass is 336 g/mol. The van der Waals surface area contributed by atoms with E-state index in [0.717, 1.165) is 6.42 Å². The molecule has 3 aromatic rings. The van der Waals surface area contributed by atoms with Gasteiger partial charge in [0.05, 0.1) is 0 Å². The fourth-order valence-electron chi connectivity index (χ4n) is 3.60. The normalized spacial score (nSPS) is 20.3. The molecule has 0 spiro atoms. The first-order chi connectivity index (χ1) is 12.0. The van der Waals surface area contributed by atoms with Crippen molar-refractivity contribution in [1.29, 1.82) is 0 Å². The fourth-order valence-corrected chi connectivity index (χ4v) is 3.60. The largest absolute Gasteiger partial charge is 0.347 e. The zero-order valence-electron chi connectivity index (χ0n) is 14.3. The SMILES string of the molecule is Cc1ccc(C2CC(C)N(C(=O)c3ccn4c(=O)[nH]nc4c3)C2)cc1. The minimum atomic E-state index is -0.303. The molecule has 1 amide bonds. The molecule has 1 aliphatic heterocycles. The highest BCUT2D eigenvalue weighted by atomic mass is 16.2. The van der Waals surface area contributed by atoms with Crippen LogP contribution in [0.15, 0.2) is 47.4 Å². The maximum atomic E-state index is 12.9. The Labute approximate surface area is 145 Å². The summed E-state index contributed by atoms with van der Waals surface area (Å²) >= 11 is 0. The summed E-state index contributed by atoms with van der Waals surface area (Å²) in [6.45, 7) is 4.87. The molecule has 3 heterocycles. The highest BCUT2D eigenvalue weighted by molar-refractivity contribution is 5.95. The van der Waals surface area contributed by atoms with Gasteiger partial charge in [0.25, 0.3) is 5.91 Å². The van der Waals surface area contributed by atoms with Gasteiger partial charge in [-0.3, -0.25) is 9.20 Å². The summed E-state index contributed by atoms with van der Waals surface area (Å²) < 4.78 is 1.39. The topological polar surface area (TPSA) is 70.5 Å². The van der Waals surface area contributed by atoms with Crippen molar-refractivity contribution < 1.29 is 4.79 Å². The standard InChI is InChI=1S/C19H20N4O2/c1-12-3-5-14(6-4-12)16-9-13(2)23(11-16)18(24)15-7-8-22-17(10-15)20-21-19(22)25/h3-8,10,13,16H,9,11H2,1-2H3,(H,21,25). The van der Waals surface area contributed by atoms with E-state index in [1.54, 1.807) is 18.3 Å². The second-order valence-electron chi connectivity index (χ2n) is 6.82. The predicted octanol–water partition coefficient (Wildman–Crippen LogP) is 2.35. The molecule has 1 aromatic carbocycles. The average molecular weight is 336 g/mol. The van der Waals surface area contributed by atoms with Gasteiger partial charge in [-0.1, -0.05) is 29.8 Å². The molecular weight excluding hydrogens is 316 g/mol. The number of rotatable bonds is 2. The predicted molar refractivity (Wildman–Crippen MR) is 94.8 cm³/mol. The first-order valence-electron chi connectivity index (χ1n) is 8.47. The van der Waals surface area contributed by atoms with Crippen LogP contribution in [-0.4, -0.2) is 38.0 Å². The molecule has 4 rings (SSSR count). The van der Waals surface area contributed by atoms with Gasteiger partial charge in [-0.2, -0.15) is 5.10 Å². The molecule has 128 valence electrons. The Balaban J connectivity index is 1.58. The smallest absolute Gasteiger partial charge is 0.335 e. The summed E-state index contributed by atoms with van der Waals surface area (Å²) in [6, 6.07) is 12.1. The minimum Gasteiger partial charge on any atom is -0.335 e. The number of benzene rings is 1. The van der Waals surface area contributed by atoms with E-state index in [2.05, 4.69) is 48.3 Å². The summed E-state index contributed by atoms with van der Waals surface area (Å²) in [4.78, 5) is 26.4. The number of aromatic amines is 1. The second kappa shape index (κ2) is 5.88. The summed E-state index contributed by atoms with van der Waals surface area (Å²) in [5, 5.41) is 6.32. The first-order valence-corrected chi connectivity index (χ1v) is 8.47. The molecule has 0 radical (unpaired) electrons. The Morgan fingerprint density at radius 3 is 2.76 bits per heavy atom. The summed E-state index contributed by atoms with van der Waals surface area (Å²) in [5.41, 5.74) is 3.23. The van der Waals surface area contributed by atoms with E-state index in [1.807, 2.05) is 4.90 Å². The van der Waals surface area contributed by atoms with Gasteiger partial charge in [-0.25, -0.2) is 9.89 Å². The summed E-state index contributed by atoms with van der Waals surface area (Å²) in [6.07, 6.45) is 2.55. The minimum absolute atomic E-state index is 0.0138. The van der Waals surface area contributed by atoms with Crippen molar-refractivity contribution in [3.63, 3.8) is 0 Å². The number of pyridine rings is 1. The number of H-pyrrole nitrogens is 1. The van der Waals surface area contributed by atoms with Gasteiger partial charge in [0, 0.05) is 30.3 Å². The highest BCUT2D eigenvalue weighted by Crippen LogP contribution is 2.32. The van der Waals surface area contributed by atoms with Crippen molar-refractivity contribution in [2.24, 2.45) is 0 Å². The van der Waals surface area contributed by atoms with E-state index in [4.69, 9.17) is 0 Å². The van der Waals surface area contributed by atoms with Crippen LogP contribution < -0.4 is 5.69 Å². The average Bonchev–Trinajstić information content (AvgIpc) is 3.18. The lowest BCUT2D eigenvalue weighted by molar-refractivity contribution is 0.0746. The van der Waals surface area contributed by atoms with Crippen LogP contribution in [0.1, 0.15) is 40.7 Å². The van der Waals surface area contributed by atoms with Crippen molar-refractivity contribution in [2.75, 3.05) is 6.54 Å². The van der Waals surface area contributed by atoms with Gasteiger partial charge in [-0.05, 0) is 38.0 Å². The van der Waals surface area contributed by atoms with E-state index >= 15 is 0 Å². The maximum absolute atomic E-state index is 12.9.